The number of carbonyl (C=O) groups excluding carboxylic acids is 1. The number of hydrogen-bond acceptors (Lipinski definition) is 7. The Morgan fingerprint density at radius 3 is 2.50 bits per heavy atom. The third kappa shape index (κ3) is 2.86. The first-order valence-corrected chi connectivity index (χ1v) is 6.12. The molecule has 0 bridgehead atoms. The third-order valence-corrected chi connectivity index (χ3v) is 3.20. The number of rotatable bonds is 3. The van der Waals surface area contributed by atoms with Gasteiger partial charge in [-0.15, -0.1) is 11.8 Å². The molecule has 1 heterocycles. The van der Waals surface area contributed by atoms with Gasteiger partial charge in [0.25, 0.3) is 0 Å². The van der Waals surface area contributed by atoms with Gasteiger partial charge in [0.15, 0.2) is 6.10 Å². The maximum Gasteiger partial charge on any atom is 0.303 e. The van der Waals surface area contributed by atoms with Crippen LogP contribution in [0.1, 0.15) is 6.92 Å². The molecule has 0 aromatic rings. The van der Waals surface area contributed by atoms with E-state index in [1.54, 1.807) is 6.26 Å². The fraction of sp³-hybridized carbons (Fsp3) is 0.889. The maximum atomic E-state index is 10.8. The molecule has 3 N–H and O–H groups in total. The molecule has 0 unspecified atom stereocenters. The Labute approximate surface area is 97.5 Å². The van der Waals surface area contributed by atoms with Crippen LogP contribution in [-0.2, 0) is 14.3 Å². The van der Waals surface area contributed by atoms with Crippen molar-refractivity contribution in [1.82, 2.24) is 0 Å². The van der Waals surface area contributed by atoms with Gasteiger partial charge in [0.2, 0.25) is 0 Å². The molecular weight excluding hydrogens is 236 g/mol. The topological polar surface area (TPSA) is 96.2 Å². The van der Waals surface area contributed by atoms with Crippen LogP contribution >= 0.6 is 11.8 Å². The average molecular weight is 252 g/mol. The van der Waals surface area contributed by atoms with E-state index in [1.807, 2.05) is 0 Å². The van der Waals surface area contributed by atoms with Crippen molar-refractivity contribution >= 4 is 17.7 Å². The summed E-state index contributed by atoms with van der Waals surface area (Å²) in [5, 5.41) is 28.3. The van der Waals surface area contributed by atoms with Crippen LogP contribution in [0.5, 0.6) is 0 Å². The van der Waals surface area contributed by atoms with Gasteiger partial charge in [-0.25, -0.2) is 0 Å². The highest BCUT2D eigenvalue weighted by Gasteiger charge is 2.45. The Bertz CT molecular complexity index is 246. The van der Waals surface area contributed by atoms with E-state index in [9.17, 15) is 15.0 Å². The van der Waals surface area contributed by atoms with Crippen LogP contribution < -0.4 is 0 Å². The Hall–Kier alpha value is -0.340. The molecule has 5 atom stereocenters. The van der Waals surface area contributed by atoms with Crippen molar-refractivity contribution in [3.05, 3.63) is 0 Å². The van der Waals surface area contributed by atoms with Crippen molar-refractivity contribution in [2.45, 2.75) is 36.8 Å². The van der Waals surface area contributed by atoms with Crippen LogP contribution in [0.2, 0.25) is 0 Å². The summed E-state index contributed by atoms with van der Waals surface area (Å²) in [6, 6.07) is 0. The molecule has 6 nitrogen and oxygen atoms in total. The van der Waals surface area contributed by atoms with Gasteiger partial charge in [0, 0.05) is 6.92 Å². The molecule has 1 rings (SSSR count). The predicted octanol–water partition coefficient (Wildman–Crippen LogP) is -1.28. The molecule has 1 aliphatic heterocycles. The molecule has 0 spiro atoms. The van der Waals surface area contributed by atoms with Gasteiger partial charge in [-0.2, -0.15) is 0 Å². The van der Waals surface area contributed by atoms with E-state index in [2.05, 4.69) is 0 Å². The molecule has 0 aliphatic carbocycles. The lowest BCUT2D eigenvalue weighted by molar-refractivity contribution is -0.218. The van der Waals surface area contributed by atoms with Gasteiger partial charge in [0.05, 0.1) is 6.61 Å². The number of carbonyl (C=O) groups is 1. The number of hydrogen-bond donors (Lipinski definition) is 3. The number of thioether (sulfide) groups is 1. The molecular formula is C9H16O6S. The normalized spacial score (nSPS) is 39.4. The molecule has 7 heteroatoms. The molecule has 16 heavy (non-hydrogen) atoms. The highest BCUT2D eigenvalue weighted by molar-refractivity contribution is 7.99. The fourth-order valence-corrected chi connectivity index (χ4v) is 2.30. The van der Waals surface area contributed by atoms with E-state index in [-0.39, 0.29) is 0 Å². The van der Waals surface area contributed by atoms with E-state index < -0.39 is 42.4 Å². The van der Waals surface area contributed by atoms with Crippen LogP contribution in [0.3, 0.4) is 0 Å². The Kier molecular flexibility index (Phi) is 5.00. The quantitative estimate of drug-likeness (QED) is 0.538. The van der Waals surface area contributed by atoms with Crippen molar-refractivity contribution in [3.8, 4) is 0 Å². The second-order valence-electron chi connectivity index (χ2n) is 3.52. The standard InChI is InChI=1S/C9H16O6S/c1-4(11)14-8-7(13)6(12)5(3-10)15-9(8)16-2/h5-10,12-13H,3H2,1-2H3/t5-,6+,7+,8-,9+/m1/s1. The minimum atomic E-state index is -1.27. The highest BCUT2D eigenvalue weighted by atomic mass is 32.2. The largest absolute Gasteiger partial charge is 0.456 e. The molecule has 94 valence electrons. The summed E-state index contributed by atoms with van der Waals surface area (Å²) in [4.78, 5) is 10.8. The SMILES string of the molecule is CS[C@@H]1O[C@H](CO)[C@H](O)[C@H](O)[C@H]1OC(C)=O. The van der Waals surface area contributed by atoms with Gasteiger partial charge in [-0.3, -0.25) is 4.79 Å². The van der Waals surface area contributed by atoms with Crippen molar-refractivity contribution in [3.63, 3.8) is 0 Å². The molecule has 1 aliphatic rings. The summed E-state index contributed by atoms with van der Waals surface area (Å²) in [7, 11) is 0. The van der Waals surface area contributed by atoms with Crippen LogP contribution in [0, 0.1) is 0 Å². The minimum absolute atomic E-state index is 0.401. The first-order valence-electron chi connectivity index (χ1n) is 4.83. The monoisotopic (exact) mass is 252 g/mol. The average Bonchev–Trinajstić information content (AvgIpc) is 2.25. The lowest BCUT2D eigenvalue weighted by atomic mass is 10.0. The Morgan fingerprint density at radius 2 is 2.06 bits per heavy atom. The van der Waals surface area contributed by atoms with Crippen LogP contribution in [0.4, 0.5) is 0 Å². The zero-order valence-electron chi connectivity index (χ0n) is 9.07. The first kappa shape index (κ1) is 13.7. The van der Waals surface area contributed by atoms with E-state index in [1.165, 1.54) is 18.7 Å². The van der Waals surface area contributed by atoms with Gasteiger partial charge in [-0.1, -0.05) is 0 Å². The number of aliphatic hydroxyl groups excluding tert-OH is 3. The molecule has 1 saturated heterocycles. The summed E-state index contributed by atoms with van der Waals surface area (Å²) in [5.41, 5.74) is -0.598. The van der Waals surface area contributed by atoms with Crippen LogP contribution in [0.25, 0.3) is 0 Å². The Balaban J connectivity index is 2.77. The van der Waals surface area contributed by atoms with Crippen molar-refractivity contribution in [2.75, 3.05) is 12.9 Å². The van der Waals surface area contributed by atoms with E-state index in [0.29, 0.717) is 0 Å². The van der Waals surface area contributed by atoms with E-state index in [4.69, 9.17) is 14.6 Å². The zero-order chi connectivity index (χ0) is 12.3. The predicted molar refractivity (Wildman–Crippen MR) is 56.8 cm³/mol. The van der Waals surface area contributed by atoms with Crippen molar-refractivity contribution in [2.24, 2.45) is 0 Å². The second-order valence-corrected chi connectivity index (χ2v) is 4.45. The summed E-state index contributed by atoms with van der Waals surface area (Å²) in [5.74, 6) is -0.554. The molecule has 0 saturated carbocycles. The van der Waals surface area contributed by atoms with Gasteiger partial charge >= 0.3 is 5.97 Å². The summed E-state index contributed by atoms with van der Waals surface area (Å²) >= 11 is 1.24. The maximum absolute atomic E-state index is 10.8. The van der Waals surface area contributed by atoms with Crippen molar-refractivity contribution in [1.29, 1.82) is 0 Å². The van der Waals surface area contributed by atoms with Gasteiger partial charge in [-0.05, 0) is 6.26 Å². The minimum Gasteiger partial charge on any atom is -0.456 e. The lowest BCUT2D eigenvalue weighted by Crippen LogP contribution is -2.58. The lowest BCUT2D eigenvalue weighted by Gasteiger charge is -2.40. The first-order chi connectivity index (χ1) is 7.51. The highest BCUT2D eigenvalue weighted by Crippen LogP contribution is 2.29. The summed E-state index contributed by atoms with van der Waals surface area (Å²) < 4.78 is 10.2. The third-order valence-electron chi connectivity index (χ3n) is 2.36. The number of esters is 1. The molecule has 0 aromatic heterocycles. The van der Waals surface area contributed by atoms with Crippen LogP contribution in [-0.4, -0.2) is 64.0 Å². The molecule has 0 amide bonds. The Morgan fingerprint density at radius 1 is 1.44 bits per heavy atom. The summed E-state index contributed by atoms with van der Waals surface area (Å²) in [6.45, 7) is 0.816. The van der Waals surface area contributed by atoms with Gasteiger partial charge < -0.3 is 24.8 Å². The molecule has 1 fully saturated rings. The second kappa shape index (κ2) is 5.83. The van der Waals surface area contributed by atoms with Crippen LogP contribution in [0.15, 0.2) is 0 Å². The van der Waals surface area contributed by atoms with E-state index >= 15 is 0 Å². The summed E-state index contributed by atoms with van der Waals surface area (Å²) in [6.07, 6.45) is -2.59. The van der Waals surface area contributed by atoms with E-state index in [0.717, 1.165) is 0 Å². The fourth-order valence-electron chi connectivity index (χ4n) is 1.56. The smallest absolute Gasteiger partial charge is 0.303 e. The molecule has 0 radical (unpaired) electrons. The van der Waals surface area contributed by atoms with Gasteiger partial charge in [0.1, 0.15) is 23.7 Å². The zero-order valence-corrected chi connectivity index (χ0v) is 9.88. The number of ether oxygens (including phenoxy) is 2. The molecule has 0 aromatic carbocycles. The van der Waals surface area contributed by atoms with Crippen molar-refractivity contribution < 1.29 is 29.6 Å². The number of aliphatic hydroxyl groups is 3.